The molecule has 0 heterocycles. The summed E-state index contributed by atoms with van der Waals surface area (Å²) in [6, 6.07) is 0. The lowest BCUT2D eigenvalue weighted by atomic mass is 10.0. The zero-order valence-corrected chi connectivity index (χ0v) is 21.3. The lowest BCUT2D eigenvalue weighted by molar-refractivity contribution is 0.123. The molecule has 0 saturated carbocycles. The summed E-state index contributed by atoms with van der Waals surface area (Å²) in [7, 11) is 0. The van der Waals surface area contributed by atoms with Gasteiger partial charge in [-0.3, -0.25) is 9.80 Å². The van der Waals surface area contributed by atoms with Crippen molar-refractivity contribution in [2.24, 2.45) is 5.92 Å². The first kappa shape index (κ1) is 31.7. The molecule has 0 fully saturated rings. The Balaban J connectivity index is 4.24. The fourth-order valence-electron chi connectivity index (χ4n) is 4.09. The van der Waals surface area contributed by atoms with E-state index in [1.54, 1.807) is 0 Å². The van der Waals surface area contributed by atoms with Crippen molar-refractivity contribution >= 4 is 0 Å². The van der Waals surface area contributed by atoms with Crippen LogP contribution in [-0.2, 0) is 0 Å². The van der Waals surface area contributed by atoms with Gasteiger partial charge in [0, 0.05) is 52.4 Å². The van der Waals surface area contributed by atoms with Gasteiger partial charge in [0.05, 0.1) is 26.4 Å². The van der Waals surface area contributed by atoms with Crippen molar-refractivity contribution in [3.8, 4) is 0 Å². The Labute approximate surface area is 198 Å². The van der Waals surface area contributed by atoms with Gasteiger partial charge in [-0.05, 0) is 18.9 Å². The minimum Gasteiger partial charge on any atom is -0.395 e. The molecule has 0 aromatic heterocycles. The first-order chi connectivity index (χ1) is 15.6. The number of unbranched alkanes of at least 4 members (excludes halogenated alkanes) is 7. The highest BCUT2D eigenvalue weighted by Gasteiger charge is 2.11. The number of aliphatic hydroxyl groups is 4. The molecule has 0 aliphatic carbocycles. The number of hydrogen-bond acceptors (Lipinski definition) is 7. The third-order valence-electron chi connectivity index (χ3n) is 6.14. The van der Waals surface area contributed by atoms with Gasteiger partial charge in [0.1, 0.15) is 0 Å². The summed E-state index contributed by atoms with van der Waals surface area (Å²) in [5, 5.41) is 37.0. The lowest BCUT2D eigenvalue weighted by Gasteiger charge is -2.29. The van der Waals surface area contributed by atoms with Crippen LogP contribution in [0.1, 0.15) is 71.6 Å². The van der Waals surface area contributed by atoms with Crippen molar-refractivity contribution in [2.75, 3.05) is 85.3 Å². The number of nitrogens with zero attached hydrogens (tertiary/aromatic N) is 3. The molecular formula is C25H55N3O4. The molecule has 0 amide bonds. The van der Waals surface area contributed by atoms with E-state index in [-0.39, 0.29) is 26.4 Å². The fraction of sp³-hybridized carbons (Fsp3) is 1.00. The maximum absolute atomic E-state index is 9.25. The summed E-state index contributed by atoms with van der Waals surface area (Å²) in [5.74, 6) is 0.830. The van der Waals surface area contributed by atoms with E-state index in [4.69, 9.17) is 0 Å². The Morgan fingerprint density at radius 2 is 0.719 bits per heavy atom. The van der Waals surface area contributed by atoms with Gasteiger partial charge in [0.25, 0.3) is 0 Å². The number of aliphatic hydroxyl groups excluding tert-OH is 4. The van der Waals surface area contributed by atoms with Gasteiger partial charge in [-0.1, -0.05) is 65.2 Å². The average Bonchev–Trinajstić information content (AvgIpc) is 2.76. The van der Waals surface area contributed by atoms with Gasteiger partial charge in [-0.15, -0.1) is 0 Å². The highest BCUT2D eigenvalue weighted by Crippen LogP contribution is 2.12. The molecule has 0 unspecified atom stereocenters. The first-order valence-corrected chi connectivity index (χ1v) is 13.2. The van der Waals surface area contributed by atoms with Gasteiger partial charge in [0.2, 0.25) is 0 Å². The molecular weight excluding hydrogens is 406 g/mol. The second-order valence-electron chi connectivity index (χ2n) is 9.43. The van der Waals surface area contributed by atoms with E-state index in [0.717, 1.165) is 38.6 Å². The summed E-state index contributed by atoms with van der Waals surface area (Å²) >= 11 is 0. The van der Waals surface area contributed by atoms with Crippen molar-refractivity contribution in [2.45, 2.75) is 71.6 Å². The van der Waals surface area contributed by atoms with Crippen LogP contribution in [0.3, 0.4) is 0 Å². The van der Waals surface area contributed by atoms with Gasteiger partial charge >= 0.3 is 0 Å². The third kappa shape index (κ3) is 20.3. The molecule has 0 spiro atoms. The molecule has 7 heteroatoms. The molecule has 0 rings (SSSR count). The van der Waals surface area contributed by atoms with Crippen molar-refractivity contribution < 1.29 is 20.4 Å². The quantitative estimate of drug-likeness (QED) is 0.155. The third-order valence-corrected chi connectivity index (χ3v) is 6.14. The molecule has 0 aromatic carbocycles. The molecule has 4 N–H and O–H groups in total. The number of hydrogen-bond donors (Lipinski definition) is 4. The smallest absolute Gasteiger partial charge is 0.0558 e. The Morgan fingerprint density at radius 1 is 0.406 bits per heavy atom. The fourth-order valence-corrected chi connectivity index (χ4v) is 4.09. The normalized spacial score (nSPS) is 12.2. The van der Waals surface area contributed by atoms with Crippen molar-refractivity contribution in [3.63, 3.8) is 0 Å². The van der Waals surface area contributed by atoms with Crippen molar-refractivity contribution in [1.29, 1.82) is 0 Å². The van der Waals surface area contributed by atoms with Crippen LogP contribution in [-0.4, -0.2) is 120 Å². The van der Waals surface area contributed by atoms with Crippen molar-refractivity contribution in [3.05, 3.63) is 0 Å². The number of rotatable bonds is 25. The maximum atomic E-state index is 9.25. The average molecular weight is 462 g/mol. The van der Waals surface area contributed by atoms with E-state index >= 15 is 0 Å². The highest BCUT2D eigenvalue weighted by molar-refractivity contribution is 4.67. The van der Waals surface area contributed by atoms with Crippen LogP contribution in [0.15, 0.2) is 0 Å². The van der Waals surface area contributed by atoms with E-state index < -0.39 is 0 Å². The van der Waals surface area contributed by atoms with Crippen molar-refractivity contribution in [1.82, 2.24) is 14.7 Å². The van der Waals surface area contributed by atoms with E-state index in [9.17, 15) is 20.4 Å². The van der Waals surface area contributed by atoms with Crippen LogP contribution in [0.25, 0.3) is 0 Å². The lowest BCUT2D eigenvalue weighted by Crippen LogP contribution is -2.42. The largest absolute Gasteiger partial charge is 0.395 e. The monoisotopic (exact) mass is 461 g/mol. The summed E-state index contributed by atoms with van der Waals surface area (Å²) in [6.07, 6.45) is 11.9. The van der Waals surface area contributed by atoms with Gasteiger partial charge in [0.15, 0.2) is 0 Å². The molecule has 7 nitrogen and oxygen atoms in total. The topological polar surface area (TPSA) is 90.6 Å². The van der Waals surface area contributed by atoms with Gasteiger partial charge in [-0.2, -0.15) is 0 Å². The van der Waals surface area contributed by atoms with Crippen LogP contribution in [0.2, 0.25) is 0 Å². The maximum Gasteiger partial charge on any atom is 0.0558 e. The minimum atomic E-state index is 0.109. The Bertz CT molecular complexity index is 343. The summed E-state index contributed by atoms with van der Waals surface area (Å²) in [4.78, 5) is 6.66. The standard InChI is InChI=1S/C25H55N3O4/c1-25(2)11-9-7-5-3-4-6-8-10-12-26(13-15-27(17-21-29)18-22-30)14-16-28(19-23-31)20-24-32/h25,29-32H,3-24H2,1-2H3. The van der Waals surface area contributed by atoms with Crippen LogP contribution < -0.4 is 0 Å². The molecule has 0 radical (unpaired) electrons. The zero-order valence-electron chi connectivity index (χ0n) is 21.3. The molecule has 0 aromatic rings. The minimum absolute atomic E-state index is 0.109. The molecule has 32 heavy (non-hydrogen) atoms. The summed E-state index contributed by atoms with van der Waals surface area (Å²) in [5.41, 5.74) is 0. The van der Waals surface area contributed by atoms with Crippen LogP contribution in [0.4, 0.5) is 0 Å². The Morgan fingerprint density at radius 3 is 1.06 bits per heavy atom. The van der Waals surface area contributed by atoms with E-state index in [2.05, 4.69) is 28.5 Å². The van der Waals surface area contributed by atoms with Crippen LogP contribution in [0, 0.1) is 5.92 Å². The molecule has 0 bridgehead atoms. The molecule has 194 valence electrons. The van der Waals surface area contributed by atoms with Crippen LogP contribution in [0.5, 0.6) is 0 Å². The second kappa shape index (κ2) is 23.9. The Hall–Kier alpha value is -0.280. The van der Waals surface area contributed by atoms with Gasteiger partial charge < -0.3 is 25.3 Å². The van der Waals surface area contributed by atoms with E-state index in [1.807, 2.05) is 0 Å². The first-order valence-electron chi connectivity index (χ1n) is 13.2. The van der Waals surface area contributed by atoms with Gasteiger partial charge in [-0.25, -0.2) is 0 Å². The summed E-state index contributed by atoms with van der Waals surface area (Å²) in [6.45, 7) is 11.9. The zero-order chi connectivity index (χ0) is 23.9. The molecule has 0 aliphatic rings. The molecule has 0 atom stereocenters. The van der Waals surface area contributed by atoms with Crippen LogP contribution >= 0.6 is 0 Å². The second-order valence-corrected chi connectivity index (χ2v) is 9.43. The molecule has 0 saturated heterocycles. The SMILES string of the molecule is CC(C)CCCCCCCCCCN(CCN(CCO)CCO)CCN(CCO)CCO. The summed E-state index contributed by atoms with van der Waals surface area (Å²) < 4.78 is 0. The van der Waals surface area contributed by atoms with E-state index in [0.29, 0.717) is 26.2 Å². The Kier molecular flexibility index (Phi) is 23.7. The van der Waals surface area contributed by atoms with E-state index in [1.165, 1.54) is 57.8 Å². The predicted octanol–water partition coefficient (Wildman–Crippen LogP) is 2.03. The predicted molar refractivity (Wildman–Crippen MR) is 134 cm³/mol. The molecule has 0 aliphatic heterocycles. The highest BCUT2D eigenvalue weighted by atomic mass is 16.3.